The fourth-order valence-corrected chi connectivity index (χ4v) is 2.40. The van der Waals surface area contributed by atoms with Gasteiger partial charge in [0.15, 0.2) is 0 Å². The van der Waals surface area contributed by atoms with E-state index in [1.54, 1.807) is 0 Å². The van der Waals surface area contributed by atoms with Gasteiger partial charge in [-0.2, -0.15) is 0 Å². The van der Waals surface area contributed by atoms with Crippen molar-refractivity contribution in [1.82, 2.24) is 5.32 Å². The summed E-state index contributed by atoms with van der Waals surface area (Å²) in [5.74, 6) is 0. The van der Waals surface area contributed by atoms with Crippen LogP contribution in [0.3, 0.4) is 0 Å². The average Bonchev–Trinajstić information content (AvgIpc) is 2.51. The predicted octanol–water partition coefficient (Wildman–Crippen LogP) is 4.31. The van der Waals surface area contributed by atoms with E-state index in [9.17, 15) is 4.79 Å². The average molecular weight is 348 g/mol. The number of hydrogen-bond donors (Lipinski definition) is 1. The second-order valence-corrected chi connectivity index (χ2v) is 5.64. The van der Waals surface area contributed by atoms with Crippen LogP contribution in [0.1, 0.15) is 17.5 Å². The van der Waals surface area contributed by atoms with Crippen LogP contribution in [0.15, 0.2) is 59.1 Å². The molecule has 0 fully saturated rings. The summed E-state index contributed by atoms with van der Waals surface area (Å²) in [5.41, 5.74) is 2.24. The van der Waals surface area contributed by atoms with Crippen molar-refractivity contribution in [2.45, 2.75) is 19.4 Å². The lowest BCUT2D eigenvalue weighted by Gasteiger charge is -2.07. The molecule has 21 heavy (non-hydrogen) atoms. The Kier molecular flexibility index (Phi) is 6.28. The maximum atomic E-state index is 11.5. The predicted molar refractivity (Wildman–Crippen MR) is 87.1 cm³/mol. The van der Waals surface area contributed by atoms with Gasteiger partial charge in [-0.3, -0.25) is 0 Å². The standard InChI is InChI=1S/C17H18BrNO2/c18-16-10-4-8-14(12-16)9-5-11-19-17(20)21-13-15-6-2-1-3-7-15/h1-4,6-8,10,12H,5,9,11,13H2,(H,19,20). The van der Waals surface area contributed by atoms with Gasteiger partial charge in [-0.25, -0.2) is 4.79 Å². The summed E-state index contributed by atoms with van der Waals surface area (Å²) in [6, 6.07) is 17.8. The van der Waals surface area contributed by atoms with E-state index in [-0.39, 0.29) is 6.09 Å². The molecule has 110 valence electrons. The maximum absolute atomic E-state index is 11.5. The number of hydrogen-bond acceptors (Lipinski definition) is 2. The minimum atomic E-state index is -0.368. The monoisotopic (exact) mass is 347 g/mol. The van der Waals surface area contributed by atoms with Gasteiger partial charge in [0, 0.05) is 11.0 Å². The molecular weight excluding hydrogens is 330 g/mol. The third-order valence-corrected chi connectivity index (χ3v) is 3.51. The van der Waals surface area contributed by atoms with E-state index >= 15 is 0 Å². The lowest BCUT2D eigenvalue weighted by Crippen LogP contribution is -2.25. The zero-order valence-electron chi connectivity index (χ0n) is 11.7. The molecule has 2 aromatic carbocycles. The van der Waals surface area contributed by atoms with E-state index in [1.165, 1.54) is 5.56 Å². The molecule has 3 nitrogen and oxygen atoms in total. The van der Waals surface area contributed by atoms with Gasteiger partial charge in [0.1, 0.15) is 6.61 Å². The van der Waals surface area contributed by atoms with Crippen LogP contribution < -0.4 is 5.32 Å². The summed E-state index contributed by atoms with van der Waals surface area (Å²) >= 11 is 3.45. The fraction of sp³-hybridized carbons (Fsp3) is 0.235. The van der Waals surface area contributed by atoms with Crippen molar-refractivity contribution < 1.29 is 9.53 Å². The number of carbonyl (C=O) groups excluding carboxylic acids is 1. The SMILES string of the molecule is O=C(NCCCc1cccc(Br)c1)OCc1ccccc1. The van der Waals surface area contributed by atoms with Gasteiger partial charge in [-0.1, -0.05) is 58.4 Å². The molecule has 1 N–H and O–H groups in total. The molecule has 0 aliphatic carbocycles. The number of halogens is 1. The Balaban J connectivity index is 1.61. The van der Waals surface area contributed by atoms with Crippen molar-refractivity contribution in [3.8, 4) is 0 Å². The number of rotatable bonds is 6. The third-order valence-electron chi connectivity index (χ3n) is 3.01. The Morgan fingerprint density at radius 3 is 2.57 bits per heavy atom. The molecule has 0 heterocycles. The van der Waals surface area contributed by atoms with Crippen molar-refractivity contribution in [2.75, 3.05) is 6.54 Å². The van der Waals surface area contributed by atoms with Gasteiger partial charge in [0.2, 0.25) is 0 Å². The molecule has 4 heteroatoms. The first-order valence-corrected chi connectivity index (χ1v) is 7.72. The Bertz CT molecular complexity index is 572. The minimum absolute atomic E-state index is 0.304. The normalized spacial score (nSPS) is 10.1. The molecule has 0 unspecified atom stereocenters. The van der Waals surface area contributed by atoms with Crippen LogP contribution in [-0.2, 0) is 17.8 Å². The second kappa shape index (κ2) is 8.47. The number of alkyl carbamates (subject to hydrolysis) is 1. The molecule has 0 aliphatic rings. The van der Waals surface area contributed by atoms with E-state index < -0.39 is 0 Å². The molecule has 0 atom stereocenters. The number of carbonyl (C=O) groups is 1. The van der Waals surface area contributed by atoms with Gasteiger partial charge < -0.3 is 10.1 Å². The molecule has 0 bridgehead atoms. The van der Waals surface area contributed by atoms with Crippen LogP contribution in [0.2, 0.25) is 0 Å². The van der Waals surface area contributed by atoms with Crippen molar-refractivity contribution in [1.29, 1.82) is 0 Å². The second-order valence-electron chi connectivity index (χ2n) is 4.72. The van der Waals surface area contributed by atoms with Gasteiger partial charge >= 0.3 is 6.09 Å². The van der Waals surface area contributed by atoms with Crippen LogP contribution in [-0.4, -0.2) is 12.6 Å². The highest BCUT2D eigenvalue weighted by Crippen LogP contribution is 2.12. The quantitative estimate of drug-likeness (QED) is 0.790. The molecule has 0 aliphatic heterocycles. The molecule has 2 rings (SSSR count). The molecule has 0 radical (unpaired) electrons. The van der Waals surface area contributed by atoms with Crippen LogP contribution in [0, 0.1) is 0 Å². The Hall–Kier alpha value is -1.81. The van der Waals surface area contributed by atoms with Gasteiger partial charge in [-0.15, -0.1) is 0 Å². The molecule has 0 aromatic heterocycles. The first-order valence-electron chi connectivity index (χ1n) is 6.93. The largest absolute Gasteiger partial charge is 0.445 e. The Morgan fingerprint density at radius 2 is 1.81 bits per heavy atom. The molecule has 2 aromatic rings. The van der Waals surface area contributed by atoms with Crippen molar-refractivity contribution in [3.63, 3.8) is 0 Å². The molecular formula is C17H18BrNO2. The molecule has 1 amide bonds. The van der Waals surface area contributed by atoms with Crippen molar-refractivity contribution in [3.05, 3.63) is 70.2 Å². The first kappa shape index (κ1) is 15.6. The molecule has 0 saturated carbocycles. The van der Waals surface area contributed by atoms with E-state index in [0.717, 1.165) is 22.9 Å². The van der Waals surface area contributed by atoms with Crippen LogP contribution in [0.25, 0.3) is 0 Å². The molecule has 0 spiro atoms. The van der Waals surface area contributed by atoms with Crippen LogP contribution in [0.5, 0.6) is 0 Å². The maximum Gasteiger partial charge on any atom is 0.407 e. The minimum Gasteiger partial charge on any atom is -0.445 e. The summed E-state index contributed by atoms with van der Waals surface area (Å²) in [4.78, 5) is 11.5. The van der Waals surface area contributed by atoms with E-state index in [4.69, 9.17) is 4.74 Å². The highest BCUT2D eigenvalue weighted by Gasteiger charge is 2.02. The van der Waals surface area contributed by atoms with Crippen LogP contribution >= 0.6 is 15.9 Å². The topological polar surface area (TPSA) is 38.3 Å². The number of aryl methyl sites for hydroxylation is 1. The summed E-state index contributed by atoms with van der Waals surface area (Å²) in [5, 5.41) is 2.76. The van der Waals surface area contributed by atoms with E-state index in [1.807, 2.05) is 42.5 Å². The van der Waals surface area contributed by atoms with Crippen molar-refractivity contribution in [2.24, 2.45) is 0 Å². The summed E-state index contributed by atoms with van der Waals surface area (Å²) in [6.07, 6.45) is 1.45. The highest BCUT2D eigenvalue weighted by molar-refractivity contribution is 9.10. The zero-order valence-corrected chi connectivity index (χ0v) is 13.3. The lowest BCUT2D eigenvalue weighted by molar-refractivity contribution is 0.139. The van der Waals surface area contributed by atoms with Gasteiger partial charge in [0.25, 0.3) is 0 Å². The third kappa shape index (κ3) is 6.00. The summed E-state index contributed by atoms with van der Waals surface area (Å²) < 4.78 is 6.22. The lowest BCUT2D eigenvalue weighted by atomic mass is 10.1. The number of ether oxygens (including phenoxy) is 1. The number of nitrogens with one attached hydrogen (secondary N) is 1. The van der Waals surface area contributed by atoms with Crippen molar-refractivity contribution >= 4 is 22.0 Å². The first-order chi connectivity index (χ1) is 10.2. The number of amides is 1. The summed E-state index contributed by atoms with van der Waals surface area (Å²) in [6.45, 7) is 0.915. The van der Waals surface area contributed by atoms with Crippen LogP contribution in [0.4, 0.5) is 4.79 Å². The van der Waals surface area contributed by atoms with Gasteiger partial charge in [-0.05, 0) is 36.1 Å². The van der Waals surface area contributed by atoms with E-state index in [0.29, 0.717) is 13.2 Å². The zero-order chi connectivity index (χ0) is 14.9. The van der Waals surface area contributed by atoms with Gasteiger partial charge in [0.05, 0.1) is 0 Å². The number of benzene rings is 2. The van der Waals surface area contributed by atoms with E-state index in [2.05, 4.69) is 33.4 Å². The smallest absolute Gasteiger partial charge is 0.407 e. The highest BCUT2D eigenvalue weighted by atomic mass is 79.9. The Labute approximate surface area is 133 Å². The molecule has 0 saturated heterocycles. The Morgan fingerprint density at radius 1 is 1.05 bits per heavy atom. The fourth-order valence-electron chi connectivity index (χ4n) is 1.95. The summed E-state index contributed by atoms with van der Waals surface area (Å²) in [7, 11) is 0.